The fraction of sp³-hybridized carbons (Fsp3) is 0.700. The number of carbonyl (C=O) groups excluding carboxylic acids is 1. The molecule has 3 heterocycles. The average molecular weight is 345 g/mol. The van der Waals surface area contributed by atoms with Crippen molar-refractivity contribution in [2.75, 3.05) is 44.2 Å². The van der Waals surface area contributed by atoms with Gasteiger partial charge in [0.1, 0.15) is 5.82 Å². The number of pyridine rings is 1. The van der Waals surface area contributed by atoms with Crippen molar-refractivity contribution in [3.05, 3.63) is 23.9 Å². The Kier molecular flexibility index (Phi) is 5.62. The normalized spacial score (nSPS) is 22.2. The number of amides is 1. The molecule has 2 aliphatic heterocycles. The third-order valence-corrected chi connectivity index (χ3v) is 5.65. The van der Waals surface area contributed by atoms with Gasteiger partial charge < -0.3 is 14.7 Å². The second-order valence-electron chi connectivity index (χ2n) is 7.99. The van der Waals surface area contributed by atoms with E-state index in [1.165, 1.54) is 5.56 Å². The maximum atomic E-state index is 12.8. The predicted molar refractivity (Wildman–Crippen MR) is 102 cm³/mol. The molecule has 2 fully saturated rings. The van der Waals surface area contributed by atoms with Crippen molar-refractivity contribution < 1.29 is 4.79 Å². The quantitative estimate of drug-likeness (QED) is 0.842. The van der Waals surface area contributed by atoms with Gasteiger partial charge in [-0.1, -0.05) is 19.9 Å². The lowest BCUT2D eigenvalue weighted by Gasteiger charge is -2.36. The molecular formula is C20H32N4O. The summed E-state index contributed by atoms with van der Waals surface area (Å²) >= 11 is 0. The predicted octanol–water partition coefficient (Wildman–Crippen LogP) is 2.58. The molecule has 0 bridgehead atoms. The standard InChI is InChI=1S/C20H32N4O/c1-15(2)17-5-6-19(21-13-17)22-9-11-23(12-10-22)20(25)18-7-8-24(14-18)16(3)4/h5-6,13,15-16,18H,7-12,14H2,1-4H3/t18-/m1/s1. The highest BCUT2D eigenvalue weighted by Crippen LogP contribution is 2.23. The van der Waals surface area contributed by atoms with E-state index in [1.54, 1.807) is 0 Å². The Bertz CT molecular complexity index is 576. The van der Waals surface area contributed by atoms with Crippen molar-refractivity contribution in [3.63, 3.8) is 0 Å². The van der Waals surface area contributed by atoms with E-state index in [4.69, 9.17) is 0 Å². The van der Waals surface area contributed by atoms with E-state index in [2.05, 4.69) is 59.5 Å². The van der Waals surface area contributed by atoms with Gasteiger partial charge >= 0.3 is 0 Å². The summed E-state index contributed by atoms with van der Waals surface area (Å²) < 4.78 is 0. The van der Waals surface area contributed by atoms with Crippen molar-refractivity contribution in [1.82, 2.24) is 14.8 Å². The van der Waals surface area contributed by atoms with Gasteiger partial charge in [0.15, 0.2) is 0 Å². The molecule has 0 N–H and O–H groups in total. The zero-order valence-corrected chi connectivity index (χ0v) is 16.1. The summed E-state index contributed by atoms with van der Waals surface area (Å²) in [4.78, 5) is 24.2. The van der Waals surface area contributed by atoms with Gasteiger partial charge in [-0.2, -0.15) is 0 Å². The van der Waals surface area contributed by atoms with Crippen molar-refractivity contribution in [2.24, 2.45) is 5.92 Å². The van der Waals surface area contributed by atoms with E-state index in [0.29, 0.717) is 17.9 Å². The van der Waals surface area contributed by atoms with Gasteiger partial charge in [-0.25, -0.2) is 4.98 Å². The van der Waals surface area contributed by atoms with Crippen molar-refractivity contribution in [3.8, 4) is 0 Å². The van der Waals surface area contributed by atoms with E-state index >= 15 is 0 Å². The van der Waals surface area contributed by atoms with Gasteiger partial charge in [-0.3, -0.25) is 4.79 Å². The zero-order chi connectivity index (χ0) is 18.0. The minimum absolute atomic E-state index is 0.192. The fourth-order valence-corrected chi connectivity index (χ4v) is 3.80. The van der Waals surface area contributed by atoms with Crippen LogP contribution in [0.5, 0.6) is 0 Å². The number of anilines is 1. The Morgan fingerprint density at radius 3 is 2.32 bits per heavy atom. The molecule has 1 amide bonds. The Labute approximate surface area is 152 Å². The highest BCUT2D eigenvalue weighted by Gasteiger charge is 2.33. The number of carbonyl (C=O) groups is 1. The van der Waals surface area contributed by atoms with Crippen LogP contribution in [0.25, 0.3) is 0 Å². The van der Waals surface area contributed by atoms with E-state index in [9.17, 15) is 4.79 Å². The maximum absolute atomic E-state index is 12.8. The first-order valence-corrected chi connectivity index (χ1v) is 9.69. The first-order valence-electron chi connectivity index (χ1n) is 9.69. The highest BCUT2D eigenvalue weighted by atomic mass is 16.2. The summed E-state index contributed by atoms with van der Waals surface area (Å²) in [6, 6.07) is 4.82. The van der Waals surface area contributed by atoms with Crippen LogP contribution in [0, 0.1) is 5.92 Å². The average Bonchev–Trinajstić information content (AvgIpc) is 3.12. The van der Waals surface area contributed by atoms with E-state index in [-0.39, 0.29) is 5.92 Å². The number of hydrogen-bond acceptors (Lipinski definition) is 4. The van der Waals surface area contributed by atoms with Crippen LogP contribution >= 0.6 is 0 Å². The Hall–Kier alpha value is -1.62. The Balaban J connectivity index is 1.52. The molecule has 5 nitrogen and oxygen atoms in total. The lowest BCUT2D eigenvalue weighted by Crippen LogP contribution is -2.51. The number of hydrogen-bond donors (Lipinski definition) is 0. The topological polar surface area (TPSA) is 39.7 Å². The molecule has 25 heavy (non-hydrogen) atoms. The first-order chi connectivity index (χ1) is 12.0. The van der Waals surface area contributed by atoms with Gasteiger partial charge in [-0.15, -0.1) is 0 Å². The van der Waals surface area contributed by atoms with Crippen LogP contribution in [0.3, 0.4) is 0 Å². The van der Waals surface area contributed by atoms with Gasteiger partial charge in [0.05, 0.1) is 5.92 Å². The number of nitrogens with zero attached hydrogens (tertiary/aromatic N) is 4. The molecule has 1 atom stereocenters. The number of rotatable bonds is 4. The van der Waals surface area contributed by atoms with Crippen LogP contribution in [0.4, 0.5) is 5.82 Å². The number of aromatic nitrogens is 1. The third kappa shape index (κ3) is 4.14. The number of piperazine rings is 1. The van der Waals surface area contributed by atoms with Crippen LogP contribution < -0.4 is 4.90 Å². The van der Waals surface area contributed by atoms with Crippen LogP contribution in [0.2, 0.25) is 0 Å². The lowest BCUT2D eigenvalue weighted by atomic mass is 10.1. The van der Waals surface area contributed by atoms with Crippen LogP contribution in [-0.4, -0.2) is 66.0 Å². The first kappa shape index (κ1) is 18.2. The molecule has 2 saturated heterocycles. The molecule has 0 aromatic carbocycles. The molecule has 0 spiro atoms. The third-order valence-electron chi connectivity index (χ3n) is 5.65. The van der Waals surface area contributed by atoms with Crippen molar-refractivity contribution >= 4 is 11.7 Å². The minimum atomic E-state index is 0.192. The van der Waals surface area contributed by atoms with Gasteiger partial charge in [0, 0.05) is 45.0 Å². The van der Waals surface area contributed by atoms with Crippen LogP contribution in [0.1, 0.15) is 45.6 Å². The summed E-state index contributed by atoms with van der Waals surface area (Å²) in [5, 5.41) is 0. The zero-order valence-electron chi connectivity index (χ0n) is 16.1. The van der Waals surface area contributed by atoms with E-state index in [1.807, 2.05) is 6.20 Å². The van der Waals surface area contributed by atoms with E-state index < -0.39 is 0 Å². The fourth-order valence-electron chi connectivity index (χ4n) is 3.80. The van der Waals surface area contributed by atoms with Gasteiger partial charge in [0.2, 0.25) is 5.91 Å². The molecule has 0 aliphatic carbocycles. The molecule has 138 valence electrons. The molecule has 1 aromatic heterocycles. The molecule has 0 radical (unpaired) electrons. The molecule has 3 rings (SSSR count). The summed E-state index contributed by atoms with van der Waals surface area (Å²) in [5.41, 5.74) is 1.27. The summed E-state index contributed by atoms with van der Waals surface area (Å²) in [6.45, 7) is 14.1. The summed E-state index contributed by atoms with van der Waals surface area (Å²) in [5.74, 6) is 2.08. The molecular weight excluding hydrogens is 312 g/mol. The molecule has 5 heteroatoms. The molecule has 2 aliphatic rings. The van der Waals surface area contributed by atoms with E-state index in [0.717, 1.165) is 51.5 Å². The smallest absolute Gasteiger partial charge is 0.227 e. The molecule has 0 saturated carbocycles. The largest absolute Gasteiger partial charge is 0.353 e. The van der Waals surface area contributed by atoms with Gasteiger partial charge in [-0.05, 0) is 44.4 Å². The van der Waals surface area contributed by atoms with Crippen molar-refractivity contribution in [1.29, 1.82) is 0 Å². The highest BCUT2D eigenvalue weighted by molar-refractivity contribution is 5.79. The second-order valence-corrected chi connectivity index (χ2v) is 7.99. The summed E-state index contributed by atoms with van der Waals surface area (Å²) in [6.07, 6.45) is 2.99. The van der Waals surface area contributed by atoms with Crippen molar-refractivity contribution in [2.45, 2.75) is 46.1 Å². The Morgan fingerprint density at radius 2 is 1.80 bits per heavy atom. The van der Waals surface area contributed by atoms with Gasteiger partial charge in [0.25, 0.3) is 0 Å². The monoisotopic (exact) mass is 344 g/mol. The lowest BCUT2D eigenvalue weighted by molar-refractivity contribution is -0.135. The SMILES string of the molecule is CC(C)c1ccc(N2CCN(C(=O)[C@@H]3CCN(C(C)C)C3)CC2)nc1. The van der Waals surface area contributed by atoms with Crippen LogP contribution in [0.15, 0.2) is 18.3 Å². The van der Waals surface area contributed by atoms with Crippen LogP contribution in [-0.2, 0) is 4.79 Å². The number of likely N-dealkylation sites (tertiary alicyclic amines) is 1. The second kappa shape index (κ2) is 7.73. The maximum Gasteiger partial charge on any atom is 0.227 e. The Morgan fingerprint density at radius 1 is 1.08 bits per heavy atom. The molecule has 0 unspecified atom stereocenters. The minimum Gasteiger partial charge on any atom is -0.353 e. The molecule has 1 aromatic rings. The summed E-state index contributed by atoms with van der Waals surface area (Å²) in [7, 11) is 0.